The van der Waals surface area contributed by atoms with E-state index >= 15 is 0 Å². The summed E-state index contributed by atoms with van der Waals surface area (Å²) in [5.41, 5.74) is 1.62. The van der Waals surface area contributed by atoms with Crippen molar-refractivity contribution in [3.63, 3.8) is 0 Å². The van der Waals surface area contributed by atoms with E-state index in [0.717, 1.165) is 11.4 Å². The molecule has 0 fully saturated rings. The maximum absolute atomic E-state index is 3.95. The first-order valence-electron chi connectivity index (χ1n) is 4.11. The first-order chi connectivity index (χ1) is 6.95. The van der Waals surface area contributed by atoms with Crippen molar-refractivity contribution in [2.45, 2.75) is 0 Å². The molecule has 0 saturated heterocycles. The molecule has 0 aromatic rings. The van der Waals surface area contributed by atoms with Crippen molar-refractivity contribution < 1.29 is 17.1 Å². The third-order valence-corrected chi connectivity index (χ3v) is 1.60. The van der Waals surface area contributed by atoms with Crippen molar-refractivity contribution in [2.75, 3.05) is 13.1 Å². The summed E-state index contributed by atoms with van der Waals surface area (Å²) >= 11 is 0. The number of hydrogen-bond acceptors (Lipinski definition) is 6. The molecular formula is C8H8MnN6. The zero-order valence-electron chi connectivity index (χ0n) is 7.78. The summed E-state index contributed by atoms with van der Waals surface area (Å²) in [7, 11) is 0. The Hall–Kier alpha value is -1.46. The number of rotatable bonds is 3. The Labute approximate surface area is 97.2 Å². The molecule has 7 heteroatoms. The second-order valence-corrected chi connectivity index (χ2v) is 2.64. The molecule has 0 unspecified atom stereocenters. The molecule has 0 N–H and O–H groups in total. The Bertz CT molecular complexity index is 352. The van der Waals surface area contributed by atoms with Gasteiger partial charge in [-0.25, -0.2) is 9.98 Å². The minimum atomic E-state index is 0. The van der Waals surface area contributed by atoms with Gasteiger partial charge in [0.25, 0.3) is 0 Å². The summed E-state index contributed by atoms with van der Waals surface area (Å²) in [5.74, 6) is 0. The molecule has 1 radical (unpaired) electrons. The molecule has 0 aromatic carbocycles. The van der Waals surface area contributed by atoms with Crippen molar-refractivity contribution >= 4 is 36.5 Å². The SMILES string of the molecule is C1=NCC(C=NN=CC2=NC=NC2)=N1.[Mn]. The second kappa shape index (κ2) is 6.10. The van der Waals surface area contributed by atoms with Crippen LogP contribution in [0.1, 0.15) is 0 Å². The standard InChI is InChI=1S/C8H8N6.Mn/c1-7(11-5-9-1)3-13-14-4-8-2-10-6-12-8;/h3-6H,1-2H2;. The van der Waals surface area contributed by atoms with Crippen LogP contribution in [0, 0.1) is 0 Å². The molecule has 0 bridgehead atoms. The molecular weight excluding hydrogens is 235 g/mol. The van der Waals surface area contributed by atoms with Gasteiger partial charge in [-0.15, -0.1) is 0 Å². The van der Waals surface area contributed by atoms with Gasteiger partial charge in [0.05, 0.1) is 36.9 Å². The van der Waals surface area contributed by atoms with E-state index < -0.39 is 0 Å². The molecule has 0 amide bonds. The molecule has 6 nitrogen and oxygen atoms in total. The molecule has 0 atom stereocenters. The summed E-state index contributed by atoms with van der Waals surface area (Å²) in [4.78, 5) is 15.7. The van der Waals surface area contributed by atoms with Crippen LogP contribution in [0.25, 0.3) is 0 Å². The van der Waals surface area contributed by atoms with E-state index in [9.17, 15) is 0 Å². The van der Waals surface area contributed by atoms with Gasteiger partial charge in [0, 0.05) is 17.1 Å². The Balaban J connectivity index is 0.00000112. The third kappa shape index (κ3) is 3.65. The van der Waals surface area contributed by atoms with Gasteiger partial charge in [0.1, 0.15) is 12.7 Å². The predicted molar refractivity (Wildman–Crippen MR) is 58.6 cm³/mol. The molecule has 2 aliphatic heterocycles. The van der Waals surface area contributed by atoms with Crippen LogP contribution in [0.15, 0.2) is 30.2 Å². The van der Waals surface area contributed by atoms with Crippen molar-refractivity contribution in [3.8, 4) is 0 Å². The van der Waals surface area contributed by atoms with Crippen LogP contribution in [0.5, 0.6) is 0 Å². The minimum Gasteiger partial charge on any atom is -0.267 e. The van der Waals surface area contributed by atoms with Gasteiger partial charge in [-0.05, 0) is 0 Å². The average molecular weight is 243 g/mol. The van der Waals surface area contributed by atoms with Crippen LogP contribution < -0.4 is 0 Å². The molecule has 0 spiro atoms. The zero-order chi connectivity index (χ0) is 9.64. The van der Waals surface area contributed by atoms with E-state index in [2.05, 4.69) is 30.2 Å². The van der Waals surface area contributed by atoms with E-state index in [1.54, 1.807) is 12.4 Å². The largest absolute Gasteiger partial charge is 0.267 e. The molecule has 2 aliphatic rings. The second-order valence-electron chi connectivity index (χ2n) is 2.64. The predicted octanol–water partition coefficient (Wildman–Crippen LogP) is 0.00630. The number of aliphatic imine (C=N–C) groups is 4. The molecule has 15 heavy (non-hydrogen) atoms. The van der Waals surface area contributed by atoms with Gasteiger partial charge < -0.3 is 0 Å². The molecule has 0 saturated carbocycles. The van der Waals surface area contributed by atoms with Gasteiger partial charge >= 0.3 is 0 Å². The first-order valence-corrected chi connectivity index (χ1v) is 4.11. The van der Waals surface area contributed by atoms with E-state index in [1.807, 2.05) is 0 Å². The maximum Gasteiger partial charge on any atom is 0.110 e. The summed E-state index contributed by atoms with van der Waals surface area (Å²) in [6, 6.07) is 0. The quantitative estimate of drug-likeness (QED) is 0.380. The topological polar surface area (TPSA) is 74.2 Å². The fraction of sp³-hybridized carbons (Fsp3) is 0.250. The molecule has 2 rings (SSSR count). The monoisotopic (exact) mass is 243 g/mol. The van der Waals surface area contributed by atoms with E-state index in [-0.39, 0.29) is 17.1 Å². The van der Waals surface area contributed by atoms with Gasteiger partial charge in [-0.2, -0.15) is 10.2 Å². The van der Waals surface area contributed by atoms with Crippen molar-refractivity contribution in [2.24, 2.45) is 30.2 Å². The molecule has 2 heterocycles. The smallest absolute Gasteiger partial charge is 0.110 e. The molecule has 0 aliphatic carbocycles. The number of hydrogen-bond donors (Lipinski definition) is 0. The van der Waals surface area contributed by atoms with Gasteiger partial charge in [0.2, 0.25) is 0 Å². The van der Waals surface area contributed by atoms with Gasteiger partial charge in [0.15, 0.2) is 0 Å². The van der Waals surface area contributed by atoms with Gasteiger partial charge in [-0.1, -0.05) is 0 Å². The van der Waals surface area contributed by atoms with Crippen LogP contribution in [0.2, 0.25) is 0 Å². The fourth-order valence-electron chi connectivity index (χ4n) is 0.929. The van der Waals surface area contributed by atoms with Gasteiger partial charge in [-0.3, -0.25) is 9.98 Å². The molecule has 77 valence electrons. The van der Waals surface area contributed by atoms with Crippen LogP contribution in [-0.4, -0.2) is 49.6 Å². The maximum atomic E-state index is 3.95. The Morgan fingerprint density at radius 3 is 1.73 bits per heavy atom. The first kappa shape index (κ1) is 11.6. The third-order valence-electron chi connectivity index (χ3n) is 1.60. The van der Waals surface area contributed by atoms with Crippen molar-refractivity contribution in [1.29, 1.82) is 0 Å². The summed E-state index contributed by atoms with van der Waals surface area (Å²) < 4.78 is 0. The Morgan fingerprint density at radius 2 is 1.40 bits per heavy atom. The van der Waals surface area contributed by atoms with Crippen LogP contribution in [0.4, 0.5) is 0 Å². The van der Waals surface area contributed by atoms with Crippen LogP contribution >= 0.6 is 0 Å². The van der Waals surface area contributed by atoms with Crippen molar-refractivity contribution in [1.82, 2.24) is 0 Å². The summed E-state index contributed by atoms with van der Waals surface area (Å²) in [6.07, 6.45) is 6.19. The minimum absolute atomic E-state index is 0. The molecule has 0 aromatic heterocycles. The fourth-order valence-corrected chi connectivity index (χ4v) is 0.929. The van der Waals surface area contributed by atoms with Crippen LogP contribution in [0.3, 0.4) is 0 Å². The normalized spacial score (nSPS) is 18.7. The number of nitrogens with zero attached hydrogens (tertiary/aromatic N) is 6. The van der Waals surface area contributed by atoms with E-state index in [1.165, 1.54) is 12.7 Å². The summed E-state index contributed by atoms with van der Waals surface area (Å²) in [5, 5.41) is 7.63. The van der Waals surface area contributed by atoms with E-state index in [4.69, 9.17) is 0 Å². The summed E-state index contributed by atoms with van der Waals surface area (Å²) in [6.45, 7) is 1.17. The Kier molecular flexibility index (Phi) is 4.73. The Morgan fingerprint density at radius 1 is 0.933 bits per heavy atom. The van der Waals surface area contributed by atoms with E-state index in [0.29, 0.717) is 13.1 Å². The average Bonchev–Trinajstić information content (AvgIpc) is 2.86. The van der Waals surface area contributed by atoms with Crippen LogP contribution in [-0.2, 0) is 17.1 Å². The zero-order valence-corrected chi connectivity index (χ0v) is 8.97. The van der Waals surface area contributed by atoms with Crippen molar-refractivity contribution in [3.05, 3.63) is 0 Å².